The zero-order valence-corrected chi connectivity index (χ0v) is 9.64. The lowest BCUT2D eigenvalue weighted by atomic mass is 10.2. The predicted molar refractivity (Wildman–Crippen MR) is 65.4 cm³/mol. The summed E-state index contributed by atoms with van der Waals surface area (Å²) >= 11 is 0. The van der Waals surface area contributed by atoms with E-state index < -0.39 is 5.97 Å². The molecule has 2 N–H and O–H groups in total. The van der Waals surface area contributed by atoms with Gasteiger partial charge >= 0.3 is 5.97 Å². The Morgan fingerprint density at radius 2 is 1.89 bits per heavy atom. The molecule has 0 bridgehead atoms. The molecule has 0 atom stereocenters. The van der Waals surface area contributed by atoms with Crippen LogP contribution in [0.4, 0.5) is 5.69 Å². The van der Waals surface area contributed by atoms with Crippen molar-refractivity contribution < 1.29 is 19.1 Å². The van der Waals surface area contributed by atoms with Crippen LogP contribution in [0.15, 0.2) is 40.8 Å². The Kier molecular flexibility index (Phi) is 3.14. The Bertz CT molecular complexity index is 586. The Labute approximate surface area is 103 Å². The van der Waals surface area contributed by atoms with Gasteiger partial charge in [-0.1, -0.05) is 30.3 Å². The van der Waals surface area contributed by atoms with Crippen molar-refractivity contribution >= 4 is 17.6 Å². The van der Waals surface area contributed by atoms with Crippen LogP contribution in [0.5, 0.6) is 0 Å². The van der Waals surface area contributed by atoms with E-state index in [1.165, 1.54) is 13.0 Å². The zero-order chi connectivity index (χ0) is 13.1. The van der Waals surface area contributed by atoms with E-state index >= 15 is 0 Å². The molecule has 5 heteroatoms. The molecule has 5 nitrogen and oxygen atoms in total. The molecule has 0 unspecified atom stereocenters. The van der Waals surface area contributed by atoms with Crippen LogP contribution in [0.1, 0.15) is 17.5 Å². The van der Waals surface area contributed by atoms with Gasteiger partial charge < -0.3 is 14.8 Å². The molecule has 0 fully saturated rings. The first-order valence-electron chi connectivity index (χ1n) is 5.28. The lowest BCUT2D eigenvalue weighted by Crippen LogP contribution is -2.08. The molecular formula is C13H11NO4. The largest absolute Gasteiger partial charge is 0.475 e. The maximum atomic E-state index is 11.0. The van der Waals surface area contributed by atoms with Gasteiger partial charge in [0.15, 0.2) is 0 Å². The number of benzene rings is 1. The minimum Gasteiger partial charge on any atom is -0.475 e. The molecule has 1 heterocycles. The van der Waals surface area contributed by atoms with Crippen molar-refractivity contribution in [2.75, 3.05) is 5.32 Å². The van der Waals surface area contributed by atoms with Crippen molar-refractivity contribution in [1.29, 1.82) is 0 Å². The number of hydrogen-bond acceptors (Lipinski definition) is 3. The van der Waals surface area contributed by atoms with Gasteiger partial charge in [0.05, 0.1) is 5.69 Å². The van der Waals surface area contributed by atoms with Gasteiger partial charge in [0.2, 0.25) is 11.7 Å². The molecule has 0 saturated heterocycles. The highest BCUT2D eigenvalue weighted by atomic mass is 16.4. The van der Waals surface area contributed by atoms with Gasteiger partial charge in [0, 0.05) is 18.6 Å². The molecule has 0 aliphatic heterocycles. The number of nitrogens with one attached hydrogen (secondary N) is 1. The minimum atomic E-state index is -1.22. The molecule has 0 aliphatic rings. The summed E-state index contributed by atoms with van der Waals surface area (Å²) in [6, 6.07) is 10.6. The normalized spacial score (nSPS) is 10.1. The molecule has 0 radical (unpaired) electrons. The van der Waals surface area contributed by atoms with Crippen LogP contribution in [0.25, 0.3) is 11.3 Å². The average Bonchev–Trinajstić information content (AvgIpc) is 2.73. The smallest absolute Gasteiger partial charge is 0.374 e. The number of furan rings is 1. The molecular weight excluding hydrogens is 234 g/mol. The molecule has 0 saturated carbocycles. The van der Waals surface area contributed by atoms with Crippen molar-refractivity contribution in [3.05, 3.63) is 42.2 Å². The molecule has 1 aromatic carbocycles. The Hall–Kier alpha value is -2.56. The van der Waals surface area contributed by atoms with Crippen LogP contribution in [0.3, 0.4) is 0 Å². The fourth-order valence-electron chi connectivity index (χ4n) is 1.58. The molecule has 2 aromatic rings. The van der Waals surface area contributed by atoms with Crippen LogP contribution in [-0.2, 0) is 4.79 Å². The summed E-state index contributed by atoms with van der Waals surface area (Å²) in [5, 5.41) is 11.4. The van der Waals surface area contributed by atoms with E-state index in [-0.39, 0.29) is 17.4 Å². The Balaban J connectivity index is 2.45. The van der Waals surface area contributed by atoms with E-state index in [0.29, 0.717) is 5.76 Å². The van der Waals surface area contributed by atoms with Gasteiger partial charge in [0.1, 0.15) is 5.76 Å². The van der Waals surface area contributed by atoms with Gasteiger partial charge in [-0.15, -0.1) is 0 Å². The summed E-state index contributed by atoms with van der Waals surface area (Å²) in [6.45, 7) is 1.31. The number of anilines is 1. The maximum absolute atomic E-state index is 11.0. The lowest BCUT2D eigenvalue weighted by Gasteiger charge is -1.97. The summed E-state index contributed by atoms with van der Waals surface area (Å²) < 4.78 is 5.25. The van der Waals surface area contributed by atoms with Crippen molar-refractivity contribution in [3.63, 3.8) is 0 Å². The fraction of sp³-hybridized carbons (Fsp3) is 0.0769. The highest BCUT2D eigenvalue weighted by Crippen LogP contribution is 2.29. The third-order valence-electron chi connectivity index (χ3n) is 2.30. The topological polar surface area (TPSA) is 79.5 Å². The van der Waals surface area contributed by atoms with Gasteiger partial charge in [-0.25, -0.2) is 4.79 Å². The minimum absolute atomic E-state index is 0.161. The van der Waals surface area contributed by atoms with E-state index in [2.05, 4.69) is 5.32 Å². The third kappa shape index (κ3) is 2.40. The van der Waals surface area contributed by atoms with Crippen LogP contribution in [0, 0.1) is 0 Å². The fourth-order valence-corrected chi connectivity index (χ4v) is 1.58. The van der Waals surface area contributed by atoms with Crippen molar-refractivity contribution in [2.45, 2.75) is 6.92 Å². The molecule has 0 aliphatic carbocycles. The molecule has 1 aromatic heterocycles. The van der Waals surface area contributed by atoms with Crippen molar-refractivity contribution in [2.24, 2.45) is 0 Å². The zero-order valence-electron chi connectivity index (χ0n) is 9.64. The molecule has 92 valence electrons. The summed E-state index contributed by atoms with van der Waals surface area (Å²) in [4.78, 5) is 22.0. The Morgan fingerprint density at radius 1 is 1.22 bits per heavy atom. The van der Waals surface area contributed by atoms with Crippen molar-refractivity contribution in [1.82, 2.24) is 0 Å². The number of aromatic carboxylic acids is 1. The van der Waals surface area contributed by atoms with Crippen LogP contribution < -0.4 is 5.32 Å². The number of carboxylic acids is 1. The van der Waals surface area contributed by atoms with Gasteiger partial charge in [-0.05, 0) is 0 Å². The number of carbonyl (C=O) groups is 2. The summed E-state index contributed by atoms with van der Waals surface area (Å²) in [5.41, 5.74) is 0.908. The maximum Gasteiger partial charge on any atom is 0.374 e. The number of rotatable bonds is 3. The van der Waals surface area contributed by atoms with E-state index in [9.17, 15) is 9.59 Å². The molecule has 2 rings (SSSR count). The van der Waals surface area contributed by atoms with E-state index in [1.54, 1.807) is 12.1 Å². The number of carbonyl (C=O) groups excluding carboxylic acids is 1. The van der Waals surface area contributed by atoms with E-state index in [0.717, 1.165) is 5.56 Å². The van der Waals surface area contributed by atoms with Crippen LogP contribution in [0.2, 0.25) is 0 Å². The van der Waals surface area contributed by atoms with Crippen LogP contribution >= 0.6 is 0 Å². The summed E-state index contributed by atoms with van der Waals surface area (Å²) in [6.07, 6.45) is 0. The average molecular weight is 245 g/mol. The van der Waals surface area contributed by atoms with Gasteiger partial charge in [-0.3, -0.25) is 4.79 Å². The summed E-state index contributed by atoms with van der Waals surface area (Å²) in [5.74, 6) is -1.44. The van der Waals surface area contributed by atoms with Crippen LogP contribution in [-0.4, -0.2) is 17.0 Å². The SMILES string of the molecule is CC(=O)Nc1cc(-c2ccccc2)oc1C(=O)O. The van der Waals surface area contributed by atoms with E-state index in [4.69, 9.17) is 9.52 Å². The van der Waals surface area contributed by atoms with Crippen molar-refractivity contribution in [3.8, 4) is 11.3 Å². The lowest BCUT2D eigenvalue weighted by molar-refractivity contribution is -0.114. The monoisotopic (exact) mass is 245 g/mol. The Morgan fingerprint density at radius 3 is 2.44 bits per heavy atom. The molecule has 18 heavy (non-hydrogen) atoms. The van der Waals surface area contributed by atoms with E-state index in [1.807, 2.05) is 18.2 Å². The second kappa shape index (κ2) is 4.75. The number of hydrogen-bond donors (Lipinski definition) is 2. The molecule has 0 spiro atoms. The molecule has 1 amide bonds. The highest BCUT2D eigenvalue weighted by molar-refractivity contribution is 5.99. The van der Waals surface area contributed by atoms with Gasteiger partial charge in [-0.2, -0.15) is 0 Å². The second-order valence-corrected chi connectivity index (χ2v) is 3.71. The predicted octanol–water partition coefficient (Wildman–Crippen LogP) is 2.60. The highest BCUT2D eigenvalue weighted by Gasteiger charge is 2.19. The number of carboxylic acid groups (broad SMARTS) is 1. The quantitative estimate of drug-likeness (QED) is 0.871. The first-order chi connectivity index (χ1) is 8.58. The van der Waals surface area contributed by atoms with Gasteiger partial charge in [0.25, 0.3) is 0 Å². The summed E-state index contributed by atoms with van der Waals surface area (Å²) in [7, 11) is 0. The second-order valence-electron chi connectivity index (χ2n) is 3.71. The first-order valence-corrected chi connectivity index (χ1v) is 5.28. The number of amides is 1. The third-order valence-corrected chi connectivity index (χ3v) is 2.30. The first kappa shape index (κ1) is 11.9. The standard InChI is InChI=1S/C13H11NO4/c1-8(15)14-10-7-11(18-12(10)13(16)17)9-5-3-2-4-6-9/h2-7H,1H3,(H,14,15)(H,16,17).